The molecule has 3 aliphatic heterocycles. The van der Waals surface area contributed by atoms with E-state index in [0.717, 1.165) is 0 Å². The van der Waals surface area contributed by atoms with Crippen LogP contribution in [-0.2, 0) is 28.5 Å². The first-order valence-corrected chi connectivity index (χ1v) is 11.6. The van der Waals surface area contributed by atoms with Gasteiger partial charge in [-0.15, -0.1) is 0 Å². The summed E-state index contributed by atoms with van der Waals surface area (Å²) < 4.78 is 26.3. The topological polar surface area (TPSA) is 306 Å². The Morgan fingerprint density at radius 1 is 0.816 bits per heavy atom. The van der Waals surface area contributed by atoms with Crippen molar-refractivity contribution in [2.24, 2.45) is 0 Å². The van der Waals surface area contributed by atoms with Crippen LogP contribution < -0.4 is 0 Å². The molecule has 3 saturated heterocycles. The van der Waals surface area contributed by atoms with Gasteiger partial charge in [0.25, 0.3) is 5.79 Å². The van der Waals surface area contributed by atoms with Crippen LogP contribution in [0.15, 0.2) is 0 Å². The summed E-state index contributed by atoms with van der Waals surface area (Å²) in [7, 11) is 0. The Bertz CT molecular complexity index is 783. The molecule has 0 amide bonds. The minimum Gasteiger partial charge on any atom is -0.477 e. The molecule has 0 aromatic rings. The highest BCUT2D eigenvalue weighted by Crippen LogP contribution is 2.35. The molecule has 0 radical (unpaired) electrons. The molecule has 3 heterocycles. The van der Waals surface area contributed by atoms with Gasteiger partial charge >= 0.3 is 5.97 Å². The minimum absolute atomic E-state index is 0.779. The van der Waals surface area contributed by atoms with Crippen molar-refractivity contribution >= 4 is 5.97 Å². The van der Waals surface area contributed by atoms with Crippen LogP contribution in [0, 0.1) is 0 Å². The van der Waals surface area contributed by atoms with Crippen molar-refractivity contribution in [2.75, 3.05) is 19.8 Å². The Balaban J connectivity index is 1.76. The molecule has 0 aromatic heterocycles. The zero-order chi connectivity index (χ0) is 28.5. The number of ether oxygens (including phenoxy) is 5. The second kappa shape index (κ2) is 12.6. The lowest BCUT2D eigenvalue weighted by molar-refractivity contribution is -0.376. The highest BCUT2D eigenvalue weighted by atomic mass is 16.7. The van der Waals surface area contributed by atoms with Crippen LogP contribution in [-0.4, -0.2) is 179 Å². The number of hydrogen-bond donors (Lipinski definition) is 12. The van der Waals surface area contributed by atoms with Crippen LogP contribution in [0.3, 0.4) is 0 Å². The first-order valence-electron chi connectivity index (χ1n) is 11.6. The smallest absolute Gasteiger partial charge is 0.364 e. The van der Waals surface area contributed by atoms with E-state index in [1.165, 1.54) is 0 Å². The molecular weight excluding hydrogens is 528 g/mol. The van der Waals surface area contributed by atoms with Gasteiger partial charge in [-0.05, 0) is 0 Å². The van der Waals surface area contributed by atoms with Gasteiger partial charge in [-0.25, -0.2) is 4.79 Å². The van der Waals surface area contributed by atoms with Crippen molar-refractivity contribution < 1.29 is 89.8 Å². The van der Waals surface area contributed by atoms with Crippen molar-refractivity contribution in [1.29, 1.82) is 0 Å². The van der Waals surface area contributed by atoms with Gasteiger partial charge < -0.3 is 85.0 Å². The molecule has 18 nitrogen and oxygen atoms in total. The molecule has 0 bridgehead atoms. The number of hydrogen-bond acceptors (Lipinski definition) is 17. The molecule has 0 aliphatic carbocycles. The molecular formula is C20H34O18. The van der Waals surface area contributed by atoms with Crippen LogP contribution in [0.4, 0.5) is 0 Å². The molecule has 15 atom stereocenters. The molecule has 38 heavy (non-hydrogen) atoms. The molecule has 3 rings (SSSR count). The average Bonchev–Trinajstić information content (AvgIpc) is 2.89. The second-order valence-electron chi connectivity index (χ2n) is 9.30. The summed E-state index contributed by atoms with van der Waals surface area (Å²) in [5.74, 6) is -4.91. The Morgan fingerprint density at radius 3 is 1.92 bits per heavy atom. The molecule has 12 N–H and O–H groups in total. The van der Waals surface area contributed by atoms with Crippen molar-refractivity contribution in [1.82, 2.24) is 0 Å². The Morgan fingerprint density at radius 2 is 1.37 bits per heavy atom. The second-order valence-corrected chi connectivity index (χ2v) is 9.30. The molecule has 0 spiro atoms. The number of carbonyl (C=O) groups is 1. The van der Waals surface area contributed by atoms with E-state index in [2.05, 4.69) is 0 Å². The summed E-state index contributed by atoms with van der Waals surface area (Å²) in [6.07, 6.45) is -25.9. The van der Waals surface area contributed by atoms with Crippen LogP contribution in [0.2, 0.25) is 0 Å². The first kappa shape index (κ1) is 31.4. The van der Waals surface area contributed by atoms with Gasteiger partial charge in [0.15, 0.2) is 12.6 Å². The summed E-state index contributed by atoms with van der Waals surface area (Å²) in [5, 5.41) is 120. The third-order valence-corrected chi connectivity index (χ3v) is 6.70. The van der Waals surface area contributed by atoms with Crippen molar-refractivity contribution in [2.45, 2.75) is 98.0 Å². The van der Waals surface area contributed by atoms with Crippen molar-refractivity contribution in [3.05, 3.63) is 0 Å². The Labute approximate surface area is 214 Å². The zero-order valence-corrected chi connectivity index (χ0v) is 19.7. The summed E-state index contributed by atoms with van der Waals surface area (Å²) in [6, 6.07) is 0. The van der Waals surface area contributed by atoms with E-state index < -0.39 is 124 Å². The minimum atomic E-state index is -2.99. The summed E-state index contributed by atoms with van der Waals surface area (Å²) in [4.78, 5) is 11.5. The predicted octanol–water partition coefficient (Wildman–Crippen LogP) is -7.73. The molecule has 3 fully saturated rings. The maximum Gasteiger partial charge on any atom is 0.364 e. The van der Waals surface area contributed by atoms with Crippen LogP contribution in [0.5, 0.6) is 0 Å². The lowest BCUT2D eigenvalue weighted by atomic mass is 9.92. The number of carboxylic acid groups (broad SMARTS) is 1. The van der Waals surface area contributed by atoms with Gasteiger partial charge in [-0.2, -0.15) is 0 Å². The molecule has 0 saturated carbocycles. The van der Waals surface area contributed by atoms with Gasteiger partial charge in [-0.1, -0.05) is 0 Å². The van der Waals surface area contributed by atoms with Gasteiger partial charge in [0.05, 0.1) is 25.9 Å². The van der Waals surface area contributed by atoms with Crippen molar-refractivity contribution in [3.8, 4) is 0 Å². The van der Waals surface area contributed by atoms with E-state index in [1.807, 2.05) is 0 Å². The molecule has 222 valence electrons. The lowest BCUT2D eigenvalue weighted by Crippen LogP contribution is -2.66. The third kappa shape index (κ3) is 6.10. The SMILES string of the molecule is O=C(O)C1(O)CC(OC2OC(CO)C(OC3OC(CO)C(O)C(O)C3O)C(O)C2O)C(O)C(C(O)CO)O1. The Kier molecular flexibility index (Phi) is 10.4. The number of aliphatic hydroxyl groups excluding tert-OH is 10. The van der Waals surface area contributed by atoms with Crippen LogP contribution in [0.25, 0.3) is 0 Å². The highest BCUT2D eigenvalue weighted by molar-refractivity contribution is 5.75. The monoisotopic (exact) mass is 562 g/mol. The number of rotatable bonds is 9. The van der Waals surface area contributed by atoms with Gasteiger partial charge in [0.2, 0.25) is 0 Å². The number of aliphatic hydroxyl groups is 11. The maximum atomic E-state index is 11.5. The van der Waals surface area contributed by atoms with Gasteiger partial charge in [0, 0.05) is 6.42 Å². The largest absolute Gasteiger partial charge is 0.477 e. The average molecular weight is 562 g/mol. The number of aliphatic carboxylic acids is 1. The number of carboxylic acids is 1. The maximum absolute atomic E-state index is 11.5. The standard InChI is InChI=1S/C20H34O18/c21-2-5(24)15-10(26)6(1-20(33,38-15)19(31)32)34-17-14(30)12(28)16(8(4-23)36-17)37-18-13(29)11(27)9(25)7(3-22)35-18/h5-18,21-30,33H,1-4H2,(H,31,32). The van der Waals surface area contributed by atoms with Gasteiger partial charge in [0.1, 0.15) is 67.1 Å². The predicted molar refractivity (Wildman–Crippen MR) is 112 cm³/mol. The van der Waals surface area contributed by atoms with E-state index >= 15 is 0 Å². The highest BCUT2D eigenvalue weighted by Gasteiger charge is 2.56. The van der Waals surface area contributed by atoms with E-state index in [0.29, 0.717) is 0 Å². The fourth-order valence-corrected chi connectivity index (χ4v) is 4.46. The molecule has 0 aromatic carbocycles. The normalized spacial score (nSPS) is 49.0. The zero-order valence-electron chi connectivity index (χ0n) is 19.7. The quantitative estimate of drug-likeness (QED) is 0.124. The Hall–Kier alpha value is -1.17. The van der Waals surface area contributed by atoms with Gasteiger partial charge in [-0.3, -0.25) is 0 Å². The van der Waals surface area contributed by atoms with E-state index in [1.54, 1.807) is 0 Å². The van der Waals surface area contributed by atoms with Crippen LogP contribution >= 0.6 is 0 Å². The molecule has 15 unspecified atom stereocenters. The molecule has 3 aliphatic rings. The lowest BCUT2D eigenvalue weighted by Gasteiger charge is -2.48. The van der Waals surface area contributed by atoms with E-state index in [-0.39, 0.29) is 0 Å². The van der Waals surface area contributed by atoms with E-state index in [9.17, 15) is 66.1 Å². The molecule has 18 heteroatoms. The van der Waals surface area contributed by atoms with Crippen molar-refractivity contribution in [3.63, 3.8) is 0 Å². The summed E-state index contributed by atoms with van der Waals surface area (Å²) >= 11 is 0. The first-order chi connectivity index (χ1) is 17.8. The fraction of sp³-hybridized carbons (Fsp3) is 0.950. The summed E-state index contributed by atoms with van der Waals surface area (Å²) in [6.45, 7) is -2.67. The van der Waals surface area contributed by atoms with E-state index in [4.69, 9.17) is 23.7 Å². The third-order valence-electron chi connectivity index (χ3n) is 6.70. The summed E-state index contributed by atoms with van der Waals surface area (Å²) in [5.41, 5.74) is 0. The fourth-order valence-electron chi connectivity index (χ4n) is 4.46. The van der Waals surface area contributed by atoms with Crippen LogP contribution in [0.1, 0.15) is 6.42 Å².